The molecular weight excluding hydrogens is 188 g/mol. The molecule has 1 atom stereocenters. The molecule has 0 saturated carbocycles. The van der Waals surface area contributed by atoms with E-state index in [2.05, 4.69) is 0 Å². The van der Waals surface area contributed by atoms with Crippen LogP contribution in [0.3, 0.4) is 0 Å². The van der Waals surface area contributed by atoms with E-state index in [4.69, 9.17) is 9.84 Å². The highest BCUT2D eigenvalue weighted by Gasteiger charge is 2.29. The van der Waals surface area contributed by atoms with Gasteiger partial charge in [0.2, 0.25) is 0 Å². The Kier molecular flexibility index (Phi) is 5.40. The summed E-state index contributed by atoms with van der Waals surface area (Å²) in [5, 5.41) is 9.17. The van der Waals surface area contributed by atoms with Crippen LogP contribution in [0.5, 0.6) is 0 Å². The lowest BCUT2D eigenvalue weighted by atomic mass is 10.2. The second kappa shape index (κ2) is 5.50. The van der Waals surface area contributed by atoms with Gasteiger partial charge in [0, 0.05) is 19.0 Å². The van der Waals surface area contributed by atoms with Crippen LogP contribution in [-0.2, 0) is 9.53 Å². The summed E-state index contributed by atoms with van der Waals surface area (Å²) in [5.41, 5.74) is 0. The van der Waals surface area contributed by atoms with Gasteiger partial charge >= 0.3 is 5.97 Å². The molecule has 0 spiro atoms. The van der Waals surface area contributed by atoms with Crippen molar-refractivity contribution in [2.75, 3.05) is 13.7 Å². The molecule has 0 aromatic rings. The van der Waals surface area contributed by atoms with Crippen molar-refractivity contribution < 1.29 is 14.6 Å². The highest BCUT2D eigenvalue weighted by molar-refractivity contribution is 8.01. The third kappa shape index (κ3) is 5.16. The van der Waals surface area contributed by atoms with Gasteiger partial charge in [0.15, 0.2) is 0 Å². The van der Waals surface area contributed by atoms with Gasteiger partial charge in [0.1, 0.15) is 4.75 Å². The van der Waals surface area contributed by atoms with Crippen molar-refractivity contribution in [2.24, 2.45) is 0 Å². The molecule has 13 heavy (non-hydrogen) atoms. The molecule has 1 unspecified atom stereocenters. The number of carboxylic acids is 1. The van der Waals surface area contributed by atoms with Crippen LogP contribution in [0.15, 0.2) is 0 Å². The van der Waals surface area contributed by atoms with Gasteiger partial charge in [-0.25, -0.2) is 0 Å². The zero-order valence-corrected chi connectivity index (χ0v) is 9.48. The Morgan fingerprint density at radius 2 is 2.15 bits per heavy atom. The molecule has 0 aromatic carbocycles. The van der Waals surface area contributed by atoms with Crippen LogP contribution in [0, 0.1) is 0 Å². The third-order valence-corrected chi connectivity index (χ3v) is 3.14. The van der Waals surface area contributed by atoms with Crippen molar-refractivity contribution in [1.82, 2.24) is 0 Å². The number of rotatable bonds is 6. The minimum absolute atomic E-state index is 0.311. The fourth-order valence-corrected chi connectivity index (χ4v) is 2.22. The highest BCUT2D eigenvalue weighted by atomic mass is 32.2. The number of aliphatic carboxylic acids is 1. The van der Waals surface area contributed by atoms with Crippen molar-refractivity contribution in [3.63, 3.8) is 0 Å². The van der Waals surface area contributed by atoms with E-state index in [1.807, 2.05) is 6.92 Å². The van der Waals surface area contributed by atoms with E-state index in [-0.39, 0.29) is 0 Å². The predicted octanol–water partition coefficient (Wildman–Crippen LogP) is 2.01. The van der Waals surface area contributed by atoms with Gasteiger partial charge in [-0.2, -0.15) is 0 Å². The van der Waals surface area contributed by atoms with Crippen molar-refractivity contribution in [3.05, 3.63) is 0 Å². The van der Waals surface area contributed by atoms with Crippen molar-refractivity contribution >= 4 is 17.7 Å². The number of thioether (sulfide) groups is 1. The first-order valence-corrected chi connectivity index (χ1v) is 5.18. The average molecular weight is 206 g/mol. The predicted molar refractivity (Wildman–Crippen MR) is 55.3 cm³/mol. The Balaban J connectivity index is 3.89. The summed E-state index contributed by atoms with van der Waals surface area (Å²) in [6.45, 7) is 6.16. The minimum Gasteiger partial charge on any atom is -0.480 e. The number of carbonyl (C=O) groups is 1. The van der Waals surface area contributed by atoms with Gasteiger partial charge in [-0.1, -0.05) is 6.92 Å². The van der Waals surface area contributed by atoms with Crippen LogP contribution >= 0.6 is 11.8 Å². The third-order valence-electron chi connectivity index (χ3n) is 1.74. The molecule has 0 saturated heterocycles. The summed E-state index contributed by atoms with van der Waals surface area (Å²) in [6.07, 6.45) is 0.887. The zero-order chi connectivity index (χ0) is 10.5. The van der Waals surface area contributed by atoms with E-state index in [1.165, 1.54) is 11.8 Å². The monoisotopic (exact) mass is 206 g/mol. The summed E-state index contributed by atoms with van der Waals surface area (Å²) < 4.78 is 4.23. The number of carboxylic acid groups (broad SMARTS) is 1. The maximum Gasteiger partial charge on any atom is 0.319 e. The first-order chi connectivity index (χ1) is 5.90. The molecule has 0 rings (SSSR count). The molecule has 0 amide bonds. The lowest BCUT2D eigenvalue weighted by Gasteiger charge is -2.22. The van der Waals surface area contributed by atoms with E-state index in [9.17, 15) is 4.79 Å². The number of hydrogen-bond acceptors (Lipinski definition) is 3. The van der Waals surface area contributed by atoms with Gasteiger partial charge in [-0.05, 0) is 20.3 Å². The topological polar surface area (TPSA) is 46.5 Å². The molecule has 1 N–H and O–H groups in total. The Morgan fingerprint density at radius 3 is 2.54 bits per heavy atom. The van der Waals surface area contributed by atoms with Crippen LogP contribution in [0.2, 0.25) is 0 Å². The van der Waals surface area contributed by atoms with Gasteiger partial charge in [0.25, 0.3) is 0 Å². The van der Waals surface area contributed by atoms with E-state index in [0.717, 1.165) is 6.42 Å². The van der Waals surface area contributed by atoms with Crippen LogP contribution in [0.4, 0.5) is 0 Å². The second-order valence-corrected chi connectivity index (χ2v) is 5.59. The maximum atomic E-state index is 10.8. The fourth-order valence-electron chi connectivity index (χ4n) is 0.896. The van der Waals surface area contributed by atoms with Gasteiger partial charge in [-0.15, -0.1) is 11.8 Å². The van der Waals surface area contributed by atoms with E-state index in [0.29, 0.717) is 11.9 Å². The highest BCUT2D eigenvalue weighted by Crippen LogP contribution is 2.30. The fraction of sp³-hybridized carbons (Fsp3) is 0.889. The smallest absolute Gasteiger partial charge is 0.319 e. The van der Waals surface area contributed by atoms with Crippen LogP contribution in [0.25, 0.3) is 0 Å². The van der Waals surface area contributed by atoms with E-state index in [1.54, 1.807) is 21.0 Å². The Hall–Kier alpha value is -0.220. The molecule has 0 aliphatic rings. The second-order valence-electron chi connectivity index (χ2n) is 3.53. The summed E-state index contributed by atoms with van der Waals surface area (Å²) in [7, 11) is 1.65. The Labute approximate surface area is 83.9 Å². The summed E-state index contributed by atoms with van der Waals surface area (Å²) in [6, 6.07) is 0. The molecule has 0 bridgehead atoms. The molecular formula is C9H18O3S. The number of ether oxygens (including phenoxy) is 1. The Bertz CT molecular complexity index is 168. The van der Waals surface area contributed by atoms with Crippen LogP contribution < -0.4 is 0 Å². The quantitative estimate of drug-likeness (QED) is 0.722. The molecule has 0 radical (unpaired) electrons. The van der Waals surface area contributed by atoms with Gasteiger partial charge in [-0.3, -0.25) is 4.79 Å². The number of hydrogen-bond donors (Lipinski definition) is 1. The van der Waals surface area contributed by atoms with Crippen LogP contribution in [-0.4, -0.2) is 34.8 Å². The summed E-state index contributed by atoms with van der Waals surface area (Å²) in [5.74, 6) is -0.762. The SMILES string of the molecule is COCCC(C)SC(C)(C)C(=O)O. The Morgan fingerprint density at radius 1 is 1.62 bits per heavy atom. The molecule has 0 fully saturated rings. The van der Waals surface area contributed by atoms with Crippen molar-refractivity contribution in [1.29, 1.82) is 0 Å². The molecule has 78 valence electrons. The summed E-state index contributed by atoms with van der Waals surface area (Å²) in [4.78, 5) is 10.8. The minimum atomic E-state index is -0.762. The van der Waals surface area contributed by atoms with Crippen molar-refractivity contribution in [2.45, 2.75) is 37.2 Å². The maximum absolute atomic E-state index is 10.8. The molecule has 0 aliphatic heterocycles. The molecule has 4 heteroatoms. The van der Waals surface area contributed by atoms with E-state index >= 15 is 0 Å². The van der Waals surface area contributed by atoms with Crippen LogP contribution in [0.1, 0.15) is 27.2 Å². The van der Waals surface area contributed by atoms with Crippen molar-refractivity contribution in [3.8, 4) is 0 Å². The summed E-state index contributed by atoms with van der Waals surface area (Å²) >= 11 is 1.47. The lowest BCUT2D eigenvalue weighted by molar-refractivity contribution is -0.138. The zero-order valence-electron chi connectivity index (χ0n) is 8.66. The number of methoxy groups -OCH3 is 1. The molecule has 0 heterocycles. The lowest BCUT2D eigenvalue weighted by Crippen LogP contribution is -2.29. The molecule has 3 nitrogen and oxygen atoms in total. The van der Waals surface area contributed by atoms with E-state index < -0.39 is 10.7 Å². The molecule has 0 aliphatic carbocycles. The average Bonchev–Trinajstić information content (AvgIpc) is 1.99. The standard InChI is InChI=1S/C9H18O3S/c1-7(5-6-12-4)13-9(2,3)8(10)11/h7H,5-6H2,1-4H3,(H,10,11). The largest absolute Gasteiger partial charge is 0.480 e. The normalized spacial score (nSPS) is 14.2. The van der Waals surface area contributed by atoms with Gasteiger partial charge < -0.3 is 9.84 Å². The van der Waals surface area contributed by atoms with Gasteiger partial charge in [0.05, 0.1) is 0 Å². The first-order valence-electron chi connectivity index (χ1n) is 4.30. The first kappa shape index (κ1) is 12.8. The molecule has 0 aromatic heterocycles.